The van der Waals surface area contributed by atoms with E-state index in [1.807, 2.05) is 24.4 Å². The molecule has 1 heterocycles. The number of anilines is 1. The minimum atomic E-state index is -3.99. The third-order valence-electron chi connectivity index (χ3n) is 4.16. The Kier molecular flexibility index (Phi) is 6.86. The fourth-order valence-corrected chi connectivity index (χ4v) is 4.61. The highest BCUT2D eigenvalue weighted by molar-refractivity contribution is 7.92. The second kappa shape index (κ2) is 9.55. The number of aryl methyl sites for hydroxylation is 1. The fourth-order valence-electron chi connectivity index (χ4n) is 2.62. The van der Waals surface area contributed by atoms with Crippen LogP contribution in [-0.4, -0.2) is 34.2 Å². The molecule has 0 saturated heterocycles. The lowest BCUT2D eigenvalue weighted by Gasteiger charge is -2.24. The predicted octanol–water partition coefficient (Wildman–Crippen LogP) is 3.41. The van der Waals surface area contributed by atoms with Gasteiger partial charge in [0.25, 0.3) is 15.9 Å². The molecule has 0 fully saturated rings. The van der Waals surface area contributed by atoms with Crippen molar-refractivity contribution in [1.82, 2.24) is 5.43 Å². The van der Waals surface area contributed by atoms with Gasteiger partial charge < -0.3 is 4.74 Å². The van der Waals surface area contributed by atoms with E-state index in [4.69, 9.17) is 4.74 Å². The summed E-state index contributed by atoms with van der Waals surface area (Å²) in [6.45, 7) is 1.43. The number of hydrogen-bond acceptors (Lipinski definition) is 6. The number of amides is 1. The first kappa shape index (κ1) is 21.5. The highest BCUT2D eigenvalue weighted by Crippen LogP contribution is 2.27. The highest BCUT2D eigenvalue weighted by Gasteiger charge is 2.27. The molecular formula is C21H21N3O4S2. The molecule has 0 aliphatic carbocycles. The molecule has 3 rings (SSSR count). The predicted molar refractivity (Wildman–Crippen MR) is 119 cm³/mol. The van der Waals surface area contributed by atoms with Crippen LogP contribution < -0.4 is 14.5 Å². The summed E-state index contributed by atoms with van der Waals surface area (Å²) in [5.74, 6) is -0.0888. The van der Waals surface area contributed by atoms with Gasteiger partial charge in [0.05, 0.1) is 23.9 Å². The Hall–Kier alpha value is -3.17. The molecule has 0 radical (unpaired) electrons. The SMILES string of the molecule is COc1cccc(N(CC(=O)N/N=C\c2cccs2)S(=O)(=O)c2ccc(C)cc2)c1. The first-order valence-corrected chi connectivity index (χ1v) is 11.3. The third-order valence-corrected chi connectivity index (χ3v) is 6.76. The van der Waals surface area contributed by atoms with Gasteiger partial charge in [-0.1, -0.05) is 29.8 Å². The normalized spacial score (nSPS) is 11.4. The van der Waals surface area contributed by atoms with Crippen molar-refractivity contribution < 1.29 is 17.9 Å². The zero-order valence-corrected chi connectivity index (χ0v) is 18.1. The molecule has 0 unspecified atom stereocenters. The van der Waals surface area contributed by atoms with Crippen molar-refractivity contribution in [2.75, 3.05) is 18.0 Å². The molecule has 30 heavy (non-hydrogen) atoms. The molecule has 2 aromatic carbocycles. The van der Waals surface area contributed by atoms with E-state index in [2.05, 4.69) is 10.5 Å². The molecule has 9 heteroatoms. The van der Waals surface area contributed by atoms with Crippen molar-refractivity contribution in [3.63, 3.8) is 0 Å². The number of hydrogen-bond donors (Lipinski definition) is 1. The summed E-state index contributed by atoms with van der Waals surface area (Å²) in [6.07, 6.45) is 1.51. The number of carbonyl (C=O) groups is 1. The number of ether oxygens (including phenoxy) is 1. The van der Waals surface area contributed by atoms with Crippen LogP contribution in [0.3, 0.4) is 0 Å². The number of benzene rings is 2. The molecule has 0 spiro atoms. The Balaban J connectivity index is 1.89. The molecular weight excluding hydrogens is 422 g/mol. The Morgan fingerprint density at radius 3 is 2.60 bits per heavy atom. The molecule has 0 bridgehead atoms. The Bertz CT molecular complexity index is 1130. The van der Waals surface area contributed by atoms with Gasteiger partial charge in [-0.15, -0.1) is 11.3 Å². The average molecular weight is 444 g/mol. The quantitative estimate of drug-likeness (QED) is 0.427. The summed E-state index contributed by atoms with van der Waals surface area (Å²) in [7, 11) is -2.50. The lowest BCUT2D eigenvalue weighted by molar-refractivity contribution is -0.119. The van der Waals surface area contributed by atoms with Gasteiger partial charge in [0.1, 0.15) is 12.3 Å². The van der Waals surface area contributed by atoms with E-state index in [1.54, 1.807) is 36.4 Å². The average Bonchev–Trinajstić information content (AvgIpc) is 3.26. The largest absolute Gasteiger partial charge is 0.497 e. The summed E-state index contributed by atoms with van der Waals surface area (Å²) in [6, 6.07) is 16.7. The van der Waals surface area contributed by atoms with Crippen molar-refractivity contribution in [2.24, 2.45) is 5.10 Å². The lowest BCUT2D eigenvalue weighted by atomic mass is 10.2. The Morgan fingerprint density at radius 1 is 1.17 bits per heavy atom. The minimum Gasteiger partial charge on any atom is -0.497 e. The minimum absolute atomic E-state index is 0.0887. The van der Waals surface area contributed by atoms with E-state index >= 15 is 0 Å². The molecule has 3 aromatic rings. The van der Waals surface area contributed by atoms with Gasteiger partial charge in [0.2, 0.25) is 0 Å². The number of methoxy groups -OCH3 is 1. The smallest absolute Gasteiger partial charge is 0.264 e. The van der Waals surface area contributed by atoms with Crippen LogP contribution in [0.5, 0.6) is 5.75 Å². The third kappa shape index (κ3) is 5.25. The second-order valence-corrected chi connectivity index (χ2v) is 9.18. The standard InChI is InChI=1S/C21H21N3O4S2/c1-16-8-10-20(11-9-16)30(26,27)24(17-5-3-6-18(13-17)28-2)15-21(25)23-22-14-19-7-4-12-29-19/h3-14H,15H2,1-2H3,(H,23,25)/b22-14-. The van der Waals surface area contributed by atoms with Crippen LogP contribution >= 0.6 is 11.3 Å². The van der Waals surface area contributed by atoms with Crippen LogP contribution in [0.1, 0.15) is 10.4 Å². The van der Waals surface area contributed by atoms with E-state index < -0.39 is 22.5 Å². The van der Waals surface area contributed by atoms with Gasteiger partial charge in [-0.3, -0.25) is 9.10 Å². The number of nitrogens with zero attached hydrogens (tertiary/aromatic N) is 2. The number of rotatable bonds is 8. The molecule has 156 valence electrons. The summed E-state index contributed by atoms with van der Waals surface area (Å²) in [5.41, 5.74) is 3.63. The molecule has 0 aliphatic heterocycles. The first-order chi connectivity index (χ1) is 14.4. The van der Waals surface area contributed by atoms with Gasteiger partial charge in [-0.2, -0.15) is 5.10 Å². The molecule has 7 nitrogen and oxygen atoms in total. The number of thiophene rings is 1. The van der Waals surface area contributed by atoms with Gasteiger partial charge in [0.15, 0.2) is 0 Å². The highest BCUT2D eigenvalue weighted by atomic mass is 32.2. The number of nitrogens with one attached hydrogen (secondary N) is 1. The van der Waals surface area contributed by atoms with E-state index in [-0.39, 0.29) is 4.90 Å². The lowest BCUT2D eigenvalue weighted by Crippen LogP contribution is -2.39. The van der Waals surface area contributed by atoms with E-state index in [1.165, 1.54) is 36.8 Å². The maximum Gasteiger partial charge on any atom is 0.264 e. The molecule has 0 atom stereocenters. The maximum atomic E-state index is 13.3. The molecule has 1 N–H and O–H groups in total. The van der Waals surface area contributed by atoms with Crippen LogP contribution in [0.25, 0.3) is 0 Å². The zero-order valence-electron chi connectivity index (χ0n) is 16.5. The van der Waals surface area contributed by atoms with Crippen LogP contribution in [0.4, 0.5) is 5.69 Å². The summed E-state index contributed by atoms with van der Waals surface area (Å²) < 4.78 is 32.9. The number of carbonyl (C=O) groups excluding carboxylic acids is 1. The van der Waals surface area contributed by atoms with E-state index in [9.17, 15) is 13.2 Å². The van der Waals surface area contributed by atoms with Crippen LogP contribution in [0.2, 0.25) is 0 Å². The molecule has 0 aliphatic rings. The second-order valence-electron chi connectivity index (χ2n) is 6.33. The fraction of sp³-hybridized carbons (Fsp3) is 0.143. The van der Waals surface area contributed by atoms with Crippen LogP contribution in [0.15, 0.2) is 76.0 Å². The Labute approximate surface area is 179 Å². The van der Waals surface area contributed by atoms with Crippen molar-refractivity contribution in [3.8, 4) is 5.75 Å². The van der Waals surface area contributed by atoms with Crippen LogP contribution in [0, 0.1) is 6.92 Å². The summed E-state index contributed by atoms with van der Waals surface area (Å²) in [4.78, 5) is 13.4. The van der Waals surface area contributed by atoms with E-state index in [0.29, 0.717) is 11.4 Å². The molecule has 1 amide bonds. The zero-order chi connectivity index (χ0) is 21.6. The van der Waals surface area contributed by atoms with Crippen molar-refractivity contribution in [1.29, 1.82) is 0 Å². The topological polar surface area (TPSA) is 88.1 Å². The maximum absolute atomic E-state index is 13.3. The number of sulfonamides is 1. The van der Waals surface area contributed by atoms with Crippen molar-refractivity contribution in [2.45, 2.75) is 11.8 Å². The van der Waals surface area contributed by atoms with Gasteiger partial charge in [-0.05, 0) is 42.6 Å². The molecule has 0 saturated carbocycles. The van der Waals surface area contributed by atoms with E-state index in [0.717, 1.165) is 14.7 Å². The first-order valence-electron chi connectivity index (χ1n) is 8.99. The summed E-state index contributed by atoms with van der Waals surface area (Å²) in [5, 5.41) is 5.79. The van der Waals surface area contributed by atoms with Crippen LogP contribution in [-0.2, 0) is 14.8 Å². The monoisotopic (exact) mass is 443 g/mol. The Morgan fingerprint density at radius 2 is 1.93 bits per heavy atom. The van der Waals surface area contributed by atoms with Gasteiger partial charge >= 0.3 is 0 Å². The van der Waals surface area contributed by atoms with Gasteiger partial charge in [-0.25, -0.2) is 13.8 Å². The van der Waals surface area contributed by atoms with Crippen molar-refractivity contribution in [3.05, 3.63) is 76.5 Å². The number of hydrazone groups is 1. The van der Waals surface area contributed by atoms with Crippen molar-refractivity contribution >= 4 is 39.2 Å². The summed E-state index contributed by atoms with van der Waals surface area (Å²) >= 11 is 1.47. The van der Waals surface area contributed by atoms with Gasteiger partial charge in [0, 0.05) is 10.9 Å². The molecule has 1 aromatic heterocycles.